The molecular weight excluding hydrogens is 518 g/mol. The van der Waals surface area contributed by atoms with Gasteiger partial charge in [0.15, 0.2) is 0 Å². The zero-order chi connectivity index (χ0) is 29.0. The minimum Gasteiger partial charge on any atom is -1.00 e. The molecule has 1 rings (SSSR count). The van der Waals surface area contributed by atoms with Crippen molar-refractivity contribution in [2.75, 3.05) is 20.6 Å². The van der Waals surface area contributed by atoms with E-state index in [1.165, 1.54) is 180 Å². The van der Waals surface area contributed by atoms with Crippen LogP contribution in [0, 0.1) is 0 Å². The third kappa shape index (κ3) is 23.6. The molecule has 0 N–H and O–H groups in total. The van der Waals surface area contributed by atoms with Crippen molar-refractivity contribution < 1.29 is 16.9 Å². The molecule has 0 aliphatic rings. The van der Waals surface area contributed by atoms with E-state index in [1.54, 1.807) is 5.56 Å². The Morgan fingerprint density at radius 2 is 0.756 bits per heavy atom. The fraction of sp³-hybridized carbons (Fsp3) is 0.846. The number of hydrogen-bond donors (Lipinski definition) is 0. The fourth-order valence-corrected chi connectivity index (χ4v) is 6.64. The highest BCUT2D eigenvalue weighted by Gasteiger charge is 2.28. The molecule has 0 spiro atoms. The summed E-state index contributed by atoms with van der Waals surface area (Å²) in [6, 6.07) is 12.1. The minimum atomic E-state index is 0. The predicted molar refractivity (Wildman–Crippen MR) is 182 cm³/mol. The van der Waals surface area contributed by atoms with E-state index in [4.69, 9.17) is 0 Å². The van der Waals surface area contributed by atoms with Crippen LogP contribution in [0.2, 0.25) is 0 Å². The van der Waals surface area contributed by atoms with Crippen LogP contribution in [0.3, 0.4) is 0 Å². The van der Waals surface area contributed by atoms with Gasteiger partial charge in [-0.25, -0.2) is 0 Å². The Balaban J connectivity index is 0.0000160. The first-order valence-electron chi connectivity index (χ1n) is 18.5. The molecule has 242 valence electrons. The zero-order valence-electron chi connectivity index (χ0n) is 28.6. The molecular formula is C39H74ClN. The van der Waals surface area contributed by atoms with Gasteiger partial charge < -0.3 is 16.9 Å². The zero-order valence-corrected chi connectivity index (χ0v) is 29.3. The third-order valence-electron chi connectivity index (χ3n) is 9.45. The Hall–Kier alpha value is -0.530. The molecule has 41 heavy (non-hydrogen) atoms. The first-order valence-corrected chi connectivity index (χ1v) is 18.5. The SMILES string of the molecule is CCCCCCCCCCCCCCCCCC[N+](C)(C)C(CCCCCCCCCCCC)c1ccccc1.[Cl-]. The van der Waals surface area contributed by atoms with E-state index in [2.05, 4.69) is 58.3 Å². The maximum Gasteiger partial charge on any atom is 0.114 e. The quantitative estimate of drug-likeness (QED) is 0.0616. The second-order valence-electron chi connectivity index (χ2n) is 13.7. The summed E-state index contributed by atoms with van der Waals surface area (Å²) in [6.45, 7) is 5.93. The van der Waals surface area contributed by atoms with E-state index in [0.717, 1.165) is 4.48 Å². The summed E-state index contributed by atoms with van der Waals surface area (Å²) in [5, 5.41) is 0. The lowest BCUT2D eigenvalue weighted by atomic mass is 9.96. The maximum absolute atomic E-state index is 2.50. The minimum absolute atomic E-state index is 0. The molecule has 1 aromatic rings. The van der Waals surface area contributed by atoms with Gasteiger partial charge >= 0.3 is 0 Å². The largest absolute Gasteiger partial charge is 1.00 e. The number of benzene rings is 1. The molecule has 1 unspecified atom stereocenters. The van der Waals surface area contributed by atoms with Gasteiger partial charge in [-0.15, -0.1) is 0 Å². The van der Waals surface area contributed by atoms with E-state index in [1.807, 2.05) is 0 Å². The average molecular weight is 592 g/mol. The number of quaternary nitrogens is 1. The lowest BCUT2D eigenvalue weighted by molar-refractivity contribution is -0.921. The summed E-state index contributed by atoms with van der Waals surface area (Å²) in [5.41, 5.74) is 1.56. The molecule has 0 saturated carbocycles. The maximum atomic E-state index is 2.50. The van der Waals surface area contributed by atoms with Crippen LogP contribution in [-0.2, 0) is 0 Å². The van der Waals surface area contributed by atoms with E-state index in [0.29, 0.717) is 6.04 Å². The Labute approximate surface area is 266 Å². The fourth-order valence-electron chi connectivity index (χ4n) is 6.64. The molecule has 0 bridgehead atoms. The Morgan fingerprint density at radius 3 is 1.12 bits per heavy atom. The van der Waals surface area contributed by atoms with Gasteiger partial charge in [0.1, 0.15) is 6.04 Å². The Morgan fingerprint density at radius 1 is 0.439 bits per heavy atom. The first-order chi connectivity index (χ1) is 19.6. The van der Waals surface area contributed by atoms with Crippen LogP contribution in [0.1, 0.15) is 199 Å². The van der Waals surface area contributed by atoms with Gasteiger partial charge in [-0.3, -0.25) is 0 Å². The van der Waals surface area contributed by atoms with E-state index >= 15 is 0 Å². The third-order valence-corrected chi connectivity index (χ3v) is 9.45. The number of halogens is 1. The van der Waals surface area contributed by atoms with Crippen molar-refractivity contribution in [2.24, 2.45) is 0 Å². The molecule has 0 fully saturated rings. The Kier molecular flexibility index (Phi) is 29.2. The number of hydrogen-bond acceptors (Lipinski definition) is 0. The van der Waals surface area contributed by atoms with Crippen molar-refractivity contribution in [2.45, 2.75) is 193 Å². The lowest BCUT2D eigenvalue weighted by Gasteiger charge is -2.39. The summed E-state index contributed by atoms with van der Waals surface area (Å²) in [7, 11) is 5.00. The van der Waals surface area contributed by atoms with Crippen LogP contribution in [0.15, 0.2) is 30.3 Å². The van der Waals surface area contributed by atoms with Crippen LogP contribution < -0.4 is 12.4 Å². The van der Waals surface area contributed by atoms with Crippen LogP contribution in [0.25, 0.3) is 0 Å². The normalized spacial score (nSPS) is 12.4. The highest BCUT2D eigenvalue weighted by Crippen LogP contribution is 2.31. The van der Waals surface area contributed by atoms with Gasteiger partial charge in [-0.2, -0.15) is 0 Å². The van der Waals surface area contributed by atoms with E-state index < -0.39 is 0 Å². The second kappa shape index (κ2) is 29.5. The summed E-state index contributed by atoms with van der Waals surface area (Å²) in [6.07, 6.45) is 38.8. The predicted octanol–water partition coefficient (Wildman–Crippen LogP) is 10.4. The van der Waals surface area contributed by atoms with Gasteiger partial charge in [-0.05, 0) is 19.3 Å². The highest BCUT2D eigenvalue weighted by atomic mass is 35.5. The molecule has 0 aromatic heterocycles. The summed E-state index contributed by atoms with van der Waals surface area (Å²) in [4.78, 5) is 0. The van der Waals surface area contributed by atoms with Crippen molar-refractivity contribution in [1.29, 1.82) is 0 Å². The van der Waals surface area contributed by atoms with E-state index in [9.17, 15) is 0 Å². The van der Waals surface area contributed by atoms with Gasteiger partial charge in [0.2, 0.25) is 0 Å². The number of nitrogens with zero attached hydrogens (tertiary/aromatic N) is 1. The van der Waals surface area contributed by atoms with Crippen LogP contribution in [0.5, 0.6) is 0 Å². The molecule has 1 nitrogen and oxygen atoms in total. The molecule has 2 heteroatoms. The number of unbranched alkanes of at least 4 members (excludes halogenated alkanes) is 24. The van der Waals surface area contributed by atoms with Gasteiger partial charge in [0.25, 0.3) is 0 Å². The molecule has 1 aromatic carbocycles. The van der Waals surface area contributed by atoms with Gasteiger partial charge in [0.05, 0.1) is 20.6 Å². The topological polar surface area (TPSA) is 0 Å². The Bertz CT molecular complexity index is 628. The first kappa shape index (κ1) is 40.5. The van der Waals surface area contributed by atoms with Crippen LogP contribution in [-0.4, -0.2) is 25.1 Å². The van der Waals surface area contributed by atoms with Crippen molar-refractivity contribution in [3.63, 3.8) is 0 Å². The summed E-state index contributed by atoms with van der Waals surface area (Å²) >= 11 is 0. The van der Waals surface area contributed by atoms with Crippen LogP contribution in [0.4, 0.5) is 0 Å². The lowest BCUT2D eigenvalue weighted by Crippen LogP contribution is -3.00. The molecule has 0 heterocycles. The average Bonchev–Trinajstić information content (AvgIpc) is 2.96. The van der Waals surface area contributed by atoms with Gasteiger partial charge in [-0.1, -0.05) is 192 Å². The molecule has 0 aliphatic heterocycles. The smallest absolute Gasteiger partial charge is 0.114 e. The highest BCUT2D eigenvalue weighted by molar-refractivity contribution is 5.17. The van der Waals surface area contributed by atoms with Crippen molar-refractivity contribution in [3.8, 4) is 0 Å². The van der Waals surface area contributed by atoms with Crippen molar-refractivity contribution >= 4 is 0 Å². The number of rotatable bonds is 30. The summed E-state index contributed by atoms with van der Waals surface area (Å²) in [5.74, 6) is 0. The second-order valence-corrected chi connectivity index (χ2v) is 13.7. The molecule has 0 aliphatic carbocycles. The molecule has 0 radical (unpaired) electrons. The van der Waals surface area contributed by atoms with Crippen LogP contribution >= 0.6 is 0 Å². The van der Waals surface area contributed by atoms with Crippen molar-refractivity contribution in [3.05, 3.63) is 35.9 Å². The summed E-state index contributed by atoms with van der Waals surface area (Å²) < 4.78 is 1.15. The monoisotopic (exact) mass is 592 g/mol. The van der Waals surface area contributed by atoms with E-state index in [-0.39, 0.29) is 12.4 Å². The molecule has 0 amide bonds. The van der Waals surface area contributed by atoms with Crippen molar-refractivity contribution in [1.82, 2.24) is 0 Å². The molecule has 1 atom stereocenters. The standard InChI is InChI=1S/C39H74N.ClH/c1-5-7-9-11-13-15-17-18-19-20-21-22-24-26-28-33-37-40(3,4)39(38-34-30-29-31-35-38)36-32-27-25-23-16-14-12-10-8-6-2;/h29-31,34-35,39H,5-28,32-33,36-37H2,1-4H3;1H/q+1;/p-1. The van der Waals surface area contributed by atoms with Gasteiger partial charge in [0, 0.05) is 12.0 Å². The molecule has 0 saturated heterocycles.